The molecule has 6 heteroatoms. The number of aliphatic carboxylic acids is 1. The van der Waals surface area contributed by atoms with Crippen LogP contribution in [0.3, 0.4) is 0 Å². The van der Waals surface area contributed by atoms with Crippen LogP contribution in [0.5, 0.6) is 5.75 Å². The van der Waals surface area contributed by atoms with E-state index < -0.39 is 5.97 Å². The van der Waals surface area contributed by atoms with Gasteiger partial charge in [0.1, 0.15) is 5.75 Å². The number of hydrogen-bond donors (Lipinski definition) is 3. The topological polar surface area (TPSA) is 87.7 Å². The standard InChI is InChI=1S/C18H20N2O4/c1-13-6-8-15(9-7-13)20-17(21)12-24-16-5-3-2-4-14(16)10-19-11-18(22)23/h2-9,19H,10-12H2,1H3,(H,20,21)(H,22,23). The van der Waals surface area contributed by atoms with Crippen LogP contribution < -0.4 is 15.4 Å². The van der Waals surface area contributed by atoms with Crippen molar-refractivity contribution in [2.45, 2.75) is 13.5 Å². The lowest BCUT2D eigenvalue weighted by molar-refractivity contribution is -0.136. The van der Waals surface area contributed by atoms with Crippen molar-refractivity contribution in [2.24, 2.45) is 0 Å². The van der Waals surface area contributed by atoms with Gasteiger partial charge in [-0.25, -0.2) is 0 Å². The highest BCUT2D eigenvalue weighted by molar-refractivity contribution is 5.91. The van der Waals surface area contributed by atoms with E-state index in [4.69, 9.17) is 9.84 Å². The van der Waals surface area contributed by atoms with Crippen molar-refractivity contribution in [3.63, 3.8) is 0 Å². The fourth-order valence-electron chi connectivity index (χ4n) is 2.07. The average molecular weight is 328 g/mol. The van der Waals surface area contributed by atoms with Crippen LogP contribution >= 0.6 is 0 Å². The average Bonchev–Trinajstić information content (AvgIpc) is 2.56. The number of carbonyl (C=O) groups is 2. The molecule has 0 atom stereocenters. The predicted molar refractivity (Wildman–Crippen MR) is 91.1 cm³/mol. The monoisotopic (exact) mass is 328 g/mol. The summed E-state index contributed by atoms with van der Waals surface area (Å²) in [6.07, 6.45) is 0. The van der Waals surface area contributed by atoms with Crippen molar-refractivity contribution in [1.82, 2.24) is 5.32 Å². The van der Waals surface area contributed by atoms with E-state index in [1.165, 1.54) is 0 Å². The summed E-state index contributed by atoms with van der Waals surface area (Å²) in [7, 11) is 0. The lowest BCUT2D eigenvalue weighted by Gasteiger charge is -2.12. The van der Waals surface area contributed by atoms with Crippen LogP contribution in [-0.2, 0) is 16.1 Å². The number of aryl methyl sites for hydroxylation is 1. The Morgan fingerprint density at radius 2 is 1.79 bits per heavy atom. The van der Waals surface area contributed by atoms with E-state index in [2.05, 4.69) is 10.6 Å². The molecule has 2 aromatic rings. The SMILES string of the molecule is Cc1ccc(NC(=O)COc2ccccc2CNCC(=O)O)cc1. The van der Waals surface area contributed by atoms with Gasteiger partial charge < -0.3 is 20.5 Å². The quantitative estimate of drug-likeness (QED) is 0.691. The molecule has 0 bridgehead atoms. The van der Waals surface area contributed by atoms with E-state index in [1.54, 1.807) is 12.1 Å². The summed E-state index contributed by atoms with van der Waals surface area (Å²) in [5, 5.41) is 14.2. The highest BCUT2D eigenvalue weighted by Gasteiger charge is 2.07. The van der Waals surface area contributed by atoms with Gasteiger partial charge >= 0.3 is 5.97 Å². The second-order valence-electron chi connectivity index (χ2n) is 5.31. The van der Waals surface area contributed by atoms with Gasteiger partial charge in [-0.2, -0.15) is 0 Å². The molecule has 1 amide bonds. The Labute approximate surface area is 140 Å². The Morgan fingerprint density at radius 1 is 1.08 bits per heavy atom. The van der Waals surface area contributed by atoms with Gasteiger partial charge in [0.2, 0.25) is 0 Å². The van der Waals surface area contributed by atoms with E-state index in [9.17, 15) is 9.59 Å². The van der Waals surface area contributed by atoms with Crippen molar-refractivity contribution in [3.05, 3.63) is 59.7 Å². The largest absolute Gasteiger partial charge is 0.483 e. The molecule has 0 aliphatic carbocycles. The molecule has 24 heavy (non-hydrogen) atoms. The molecule has 126 valence electrons. The number of carboxylic acid groups (broad SMARTS) is 1. The molecule has 0 spiro atoms. The minimum atomic E-state index is -0.925. The molecule has 6 nitrogen and oxygen atoms in total. The molecule has 0 unspecified atom stereocenters. The molecule has 0 aromatic heterocycles. The summed E-state index contributed by atoms with van der Waals surface area (Å²) in [5.41, 5.74) is 2.62. The minimum absolute atomic E-state index is 0.121. The molecule has 0 aliphatic rings. The fraction of sp³-hybridized carbons (Fsp3) is 0.222. The number of benzene rings is 2. The first-order valence-electron chi connectivity index (χ1n) is 7.54. The summed E-state index contributed by atoms with van der Waals surface area (Å²) in [4.78, 5) is 22.5. The van der Waals surface area contributed by atoms with Crippen molar-refractivity contribution in [1.29, 1.82) is 0 Å². The molecular formula is C18H20N2O4. The highest BCUT2D eigenvalue weighted by atomic mass is 16.5. The summed E-state index contributed by atoms with van der Waals surface area (Å²) < 4.78 is 5.55. The molecule has 0 heterocycles. The summed E-state index contributed by atoms with van der Waals surface area (Å²) >= 11 is 0. The number of amides is 1. The molecule has 0 aliphatic heterocycles. The molecule has 3 N–H and O–H groups in total. The first-order valence-corrected chi connectivity index (χ1v) is 7.54. The van der Waals surface area contributed by atoms with Gasteiger partial charge in [-0.15, -0.1) is 0 Å². The maximum absolute atomic E-state index is 12.0. The Balaban J connectivity index is 1.87. The third-order valence-electron chi connectivity index (χ3n) is 3.26. The van der Waals surface area contributed by atoms with E-state index in [1.807, 2.05) is 43.3 Å². The van der Waals surface area contributed by atoms with Crippen LogP contribution in [-0.4, -0.2) is 30.1 Å². The maximum Gasteiger partial charge on any atom is 0.317 e. The van der Waals surface area contributed by atoms with Gasteiger partial charge in [0.05, 0.1) is 6.54 Å². The van der Waals surface area contributed by atoms with Crippen LogP contribution in [0.1, 0.15) is 11.1 Å². The highest BCUT2D eigenvalue weighted by Crippen LogP contribution is 2.17. The number of rotatable bonds is 8. The second-order valence-corrected chi connectivity index (χ2v) is 5.31. The molecule has 0 radical (unpaired) electrons. The predicted octanol–water partition coefficient (Wildman–Crippen LogP) is 2.19. The Bertz CT molecular complexity index is 698. The first-order chi connectivity index (χ1) is 11.5. The molecular weight excluding hydrogens is 308 g/mol. The van der Waals surface area contributed by atoms with Crippen LogP contribution in [0.2, 0.25) is 0 Å². The number of carboxylic acids is 1. The summed E-state index contributed by atoms with van der Waals surface area (Å²) in [6.45, 7) is 2.07. The Morgan fingerprint density at radius 3 is 2.50 bits per heavy atom. The zero-order valence-corrected chi connectivity index (χ0v) is 13.4. The minimum Gasteiger partial charge on any atom is -0.483 e. The number of carbonyl (C=O) groups excluding carboxylic acids is 1. The number of para-hydroxylation sites is 1. The van der Waals surface area contributed by atoms with Crippen molar-refractivity contribution in [3.8, 4) is 5.75 Å². The van der Waals surface area contributed by atoms with Crippen LogP contribution in [0.15, 0.2) is 48.5 Å². The zero-order chi connectivity index (χ0) is 17.4. The summed E-state index contributed by atoms with van der Waals surface area (Å²) in [6, 6.07) is 14.7. The summed E-state index contributed by atoms with van der Waals surface area (Å²) in [5.74, 6) is -0.632. The van der Waals surface area contributed by atoms with Gasteiger partial charge in [-0.05, 0) is 25.1 Å². The van der Waals surface area contributed by atoms with Crippen LogP contribution in [0.4, 0.5) is 5.69 Å². The lowest BCUT2D eigenvalue weighted by atomic mass is 10.2. The molecule has 0 saturated heterocycles. The van der Waals surface area contributed by atoms with E-state index >= 15 is 0 Å². The van der Waals surface area contributed by atoms with Crippen LogP contribution in [0, 0.1) is 6.92 Å². The van der Waals surface area contributed by atoms with Gasteiger partial charge in [-0.3, -0.25) is 9.59 Å². The third-order valence-corrected chi connectivity index (χ3v) is 3.26. The van der Waals surface area contributed by atoms with E-state index in [0.717, 1.165) is 11.1 Å². The normalized spacial score (nSPS) is 10.2. The Hall–Kier alpha value is -2.86. The first kappa shape index (κ1) is 17.5. The van der Waals surface area contributed by atoms with Gasteiger partial charge in [0.25, 0.3) is 5.91 Å². The lowest BCUT2D eigenvalue weighted by Crippen LogP contribution is -2.23. The van der Waals surface area contributed by atoms with Crippen molar-refractivity contribution >= 4 is 17.6 Å². The number of ether oxygens (including phenoxy) is 1. The smallest absolute Gasteiger partial charge is 0.317 e. The molecule has 0 fully saturated rings. The second kappa shape index (κ2) is 8.69. The number of nitrogens with one attached hydrogen (secondary N) is 2. The van der Waals surface area contributed by atoms with Crippen LogP contribution in [0.25, 0.3) is 0 Å². The molecule has 2 rings (SSSR count). The van der Waals surface area contributed by atoms with E-state index in [0.29, 0.717) is 18.0 Å². The molecule has 0 saturated carbocycles. The zero-order valence-electron chi connectivity index (χ0n) is 13.4. The molecule has 2 aromatic carbocycles. The van der Waals surface area contributed by atoms with Gasteiger partial charge in [0.15, 0.2) is 6.61 Å². The number of anilines is 1. The third kappa shape index (κ3) is 5.73. The van der Waals surface area contributed by atoms with Gasteiger partial charge in [-0.1, -0.05) is 35.9 Å². The Kier molecular flexibility index (Phi) is 6.33. The van der Waals surface area contributed by atoms with Crippen molar-refractivity contribution in [2.75, 3.05) is 18.5 Å². The fourth-order valence-corrected chi connectivity index (χ4v) is 2.07. The van der Waals surface area contributed by atoms with E-state index in [-0.39, 0.29) is 19.1 Å². The van der Waals surface area contributed by atoms with Gasteiger partial charge in [0, 0.05) is 17.8 Å². The maximum atomic E-state index is 12.0. The van der Waals surface area contributed by atoms with Crippen molar-refractivity contribution < 1.29 is 19.4 Å². The number of hydrogen-bond acceptors (Lipinski definition) is 4.